The number of hydrogen-bond donors (Lipinski definition) is 2. The highest BCUT2D eigenvalue weighted by Gasteiger charge is 2.31. The summed E-state index contributed by atoms with van der Waals surface area (Å²) in [5.41, 5.74) is 0. The maximum absolute atomic E-state index is 12.3. The number of aliphatic hydroxyl groups excluding tert-OH is 1. The van der Waals surface area contributed by atoms with Gasteiger partial charge in [-0.05, 0) is 25.7 Å². The van der Waals surface area contributed by atoms with Crippen LogP contribution in [0, 0.1) is 5.92 Å². The fraction of sp³-hybridized carbons (Fsp3) is 0.667. The largest absolute Gasteiger partial charge is 0.393 e. The number of aromatic nitrogens is 2. The van der Waals surface area contributed by atoms with Gasteiger partial charge in [0.25, 0.3) is 0 Å². The third-order valence-corrected chi connectivity index (χ3v) is 5.17. The summed E-state index contributed by atoms with van der Waals surface area (Å²) in [5.74, 6) is 0.642. The molecule has 8 heteroatoms. The summed E-state index contributed by atoms with van der Waals surface area (Å²) in [6.45, 7) is 3.00. The molecule has 20 heavy (non-hydrogen) atoms. The van der Waals surface area contributed by atoms with Crippen molar-refractivity contribution in [2.45, 2.75) is 30.8 Å². The highest BCUT2D eigenvalue weighted by molar-refractivity contribution is 7.89. The molecular weight excluding hydrogens is 280 g/mol. The van der Waals surface area contributed by atoms with E-state index < -0.39 is 10.0 Å². The van der Waals surface area contributed by atoms with Crippen molar-refractivity contribution in [2.75, 3.05) is 25.5 Å². The predicted octanol–water partition coefficient (Wildman–Crippen LogP) is 0.300. The first-order chi connectivity index (χ1) is 9.43. The van der Waals surface area contributed by atoms with Gasteiger partial charge in [-0.25, -0.2) is 22.7 Å². The van der Waals surface area contributed by atoms with Crippen LogP contribution < -0.4 is 5.32 Å². The topological polar surface area (TPSA) is 95.4 Å². The Kier molecular flexibility index (Phi) is 4.56. The zero-order valence-electron chi connectivity index (χ0n) is 11.7. The summed E-state index contributed by atoms with van der Waals surface area (Å²) in [7, 11) is -2.02. The molecule has 1 aliphatic carbocycles. The number of sulfonamides is 1. The lowest BCUT2D eigenvalue weighted by Gasteiger charge is -2.33. The van der Waals surface area contributed by atoms with Gasteiger partial charge >= 0.3 is 0 Å². The van der Waals surface area contributed by atoms with Crippen LogP contribution in [0.4, 0.5) is 5.95 Å². The second-order valence-corrected chi connectivity index (χ2v) is 7.09. The van der Waals surface area contributed by atoms with Crippen molar-refractivity contribution in [3.8, 4) is 0 Å². The molecule has 2 rings (SSSR count). The summed E-state index contributed by atoms with van der Waals surface area (Å²) in [6.07, 6.45) is 3.67. The molecule has 1 fully saturated rings. The molecule has 0 aliphatic heterocycles. The molecule has 0 saturated heterocycles. The van der Waals surface area contributed by atoms with Crippen LogP contribution in [0.3, 0.4) is 0 Å². The van der Waals surface area contributed by atoms with Crippen LogP contribution in [0.2, 0.25) is 0 Å². The molecular formula is C12H20N4O3S. The average Bonchev–Trinajstić information content (AvgIpc) is 2.38. The SMILES string of the molecule is CCNc1ncc(S(=O)(=O)N(C)CC2CC(O)C2)cn1. The van der Waals surface area contributed by atoms with E-state index in [1.54, 1.807) is 0 Å². The molecule has 0 bridgehead atoms. The average molecular weight is 300 g/mol. The van der Waals surface area contributed by atoms with E-state index in [2.05, 4.69) is 15.3 Å². The third kappa shape index (κ3) is 3.25. The van der Waals surface area contributed by atoms with Crippen LogP contribution in [0.1, 0.15) is 19.8 Å². The van der Waals surface area contributed by atoms with Crippen LogP contribution in [-0.4, -0.2) is 54.0 Å². The van der Waals surface area contributed by atoms with Crippen LogP contribution in [0.15, 0.2) is 17.3 Å². The molecule has 1 saturated carbocycles. The van der Waals surface area contributed by atoms with Gasteiger partial charge in [-0.15, -0.1) is 0 Å². The molecule has 7 nitrogen and oxygen atoms in total. The maximum atomic E-state index is 12.3. The molecule has 1 aliphatic rings. The highest BCUT2D eigenvalue weighted by Crippen LogP contribution is 2.29. The second kappa shape index (κ2) is 6.02. The van der Waals surface area contributed by atoms with Gasteiger partial charge in [-0.3, -0.25) is 0 Å². The molecule has 0 amide bonds. The summed E-state index contributed by atoms with van der Waals surface area (Å²) >= 11 is 0. The van der Waals surface area contributed by atoms with Gasteiger partial charge in [0.2, 0.25) is 16.0 Å². The number of rotatable bonds is 6. The van der Waals surface area contributed by atoms with Crippen LogP contribution >= 0.6 is 0 Å². The molecule has 0 aromatic carbocycles. The fourth-order valence-corrected chi connectivity index (χ4v) is 3.33. The molecule has 0 atom stereocenters. The lowest BCUT2D eigenvalue weighted by molar-refractivity contribution is 0.0367. The van der Waals surface area contributed by atoms with Gasteiger partial charge in [0.05, 0.1) is 18.5 Å². The third-order valence-electron chi connectivity index (χ3n) is 3.40. The van der Waals surface area contributed by atoms with Crippen LogP contribution in [0.5, 0.6) is 0 Å². The monoisotopic (exact) mass is 300 g/mol. The van der Waals surface area contributed by atoms with E-state index in [9.17, 15) is 13.5 Å². The highest BCUT2D eigenvalue weighted by atomic mass is 32.2. The smallest absolute Gasteiger partial charge is 0.245 e. The Morgan fingerprint density at radius 1 is 1.40 bits per heavy atom. The van der Waals surface area contributed by atoms with E-state index >= 15 is 0 Å². The predicted molar refractivity (Wildman–Crippen MR) is 74.7 cm³/mol. The van der Waals surface area contributed by atoms with E-state index in [1.165, 1.54) is 23.7 Å². The van der Waals surface area contributed by atoms with Crippen molar-refractivity contribution in [1.29, 1.82) is 0 Å². The first-order valence-corrected chi connectivity index (χ1v) is 8.07. The quantitative estimate of drug-likeness (QED) is 0.784. The van der Waals surface area contributed by atoms with Gasteiger partial charge in [-0.1, -0.05) is 0 Å². The minimum absolute atomic E-state index is 0.0847. The molecule has 1 aromatic heterocycles. The summed E-state index contributed by atoms with van der Waals surface area (Å²) in [6, 6.07) is 0. The van der Waals surface area contributed by atoms with E-state index in [1.807, 2.05) is 6.92 Å². The molecule has 2 N–H and O–H groups in total. The van der Waals surface area contributed by atoms with E-state index in [0.29, 0.717) is 31.9 Å². The molecule has 1 aromatic rings. The van der Waals surface area contributed by atoms with Crippen LogP contribution in [-0.2, 0) is 10.0 Å². The van der Waals surface area contributed by atoms with Crippen molar-refractivity contribution in [3.63, 3.8) is 0 Å². The van der Waals surface area contributed by atoms with Gasteiger partial charge in [-0.2, -0.15) is 0 Å². The van der Waals surface area contributed by atoms with Gasteiger partial charge in [0, 0.05) is 20.1 Å². The Labute approximate surface area is 119 Å². The number of aliphatic hydroxyl groups is 1. The van der Waals surface area contributed by atoms with E-state index in [4.69, 9.17) is 0 Å². The van der Waals surface area contributed by atoms with Crippen molar-refractivity contribution >= 4 is 16.0 Å². The van der Waals surface area contributed by atoms with Gasteiger partial charge in [0.15, 0.2) is 0 Å². The van der Waals surface area contributed by atoms with Crippen molar-refractivity contribution in [3.05, 3.63) is 12.4 Å². The summed E-state index contributed by atoms with van der Waals surface area (Å²) < 4.78 is 25.9. The summed E-state index contributed by atoms with van der Waals surface area (Å²) in [4.78, 5) is 8.03. The van der Waals surface area contributed by atoms with Gasteiger partial charge < -0.3 is 10.4 Å². The van der Waals surface area contributed by atoms with E-state index in [-0.39, 0.29) is 16.9 Å². The molecule has 0 spiro atoms. The number of nitrogens with one attached hydrogen (secondary N) is 1. The summed E-state index contributed by atoms with van der Waals surface area (Å²) in [5, 5.41) is 12.1. The molecule has 112 valence electrons. The van der Waals surface area contributed by atoms with Crippen LogP contribution in [0.25, 0.3) is 0 Å². The molecule has 0 radical (unpaired) electrons. The lowest BCUT2D eigenvalue weighted by atomic mass is 9.82. The van der Waals surface area contributed by atoms with E-state index in [0.717, 1.165) is 0 Å². The first kappa shape index (κ1) is 15.1. The number of anilines is 1. The Balaban J connectivity index is 2.04. The van der Waals surface area contributed by atoms with Crippen molar-refractivity contribution in [1.82, 2.24) is 14.3 Å². The lowest BCUT2D eigenvalue weighted by Crippen LogP contribution is -2.39. The Morgan fingerprint density at radius 2 is 2.00 bits per heavy atom. The maximum Gasteiger partial charge on any atom is 0.245 e. The normalized spacial score (nSPS) is 22.6. The zero-order chi connectivity index (χ0) is 14.8. The van der Waals surface area contributed by atoms with Crippen molar-refractivity contribution < 1.29 is 13.5 Å². The second-order valence-electron chi connectivity index (χ2n) is 5.05. The first-order valence-electron chi connectivity index (χ1n) is 6.63. The Bertz CT molecular complexity index is 540. The minimum Gasteiger partial charge on any atom is -0.393 e. The zero-order valence-corrected chi connectivity index (χ0v) is 12.5. The number of hydrogen-bond acceptors (Lipinski definition) is 6. The van der Waals surface area contributed by atoms with Crippen molar-refractivity contribution in [2.24, 2.45) is 5.92 Å². The Hall–Kier alpha value is -1.25. The standard InChI is InChI=1S/C12H20N4O3S/c1-3-13-12-14-6-11(7-15-12)20(18,19)16(2)8-9-4-10(17)5-9/h6-7,9-10,17H,3-5,8H2,1-2H3,(H,13,14,15). The molecule has 1 heterocycles. The fourth-order valence-electron chi connectivity index (χ4n) is 2.19. The number of nitrogens with zero attached hydrogens (tertiary/aromatic N) is 3. The Morgan fingerprint density at radius 3 is 2.50 bits per heavy atom. The van der Waals surface area contributed by atoms with Gasteiger partial charge in [0.1, 0.15) is 4.90 Å². The minimum atomic E-state index is -3.56. The molecule has 0 unspecified atom stereocenters.